The largest absolute Gasteiger partial charge is 0.314 e. The van der Waals surface area contributed by atoms with E-state index in [2.05, 4.69) is 15.1 Å². The van der Waals surface area contributed by atoms with Crippen molar-refractivity contribution >= 4 is 0 Å². The summed E-state index contributed by atoms with van der Waals surface area (Å²) in [6.45, 7) is 7.87. The van der Waals surface area contributed by atoms with Gasteiger partial charge in [0.25, 0.3) is 0 Å². The molecule has 1 aliphatic heterocycles. The normalized spacial score (nSPS) is 26.7. The first-order valence-corrected chi connectivity index (χ1v) is 8.11. The summed E-state index contributed by atoms with van der Waals surface area (Å²) in [6.07, 6.45) is 9.95. The van der Waals surface area contributed by atoms with Gasteiger partial charge in [-0.25, -0.2) is 0 Å². The highest BCUT2D eigenvalue weighted by atomic mass is 15.3. The SMILES string of the molecule is C(CCNC1CC1)CCN1CCN(C2CC2)CC1. The van der Waals surface area contributed by atoms with E-state index in [-0.39, 0.29) is 0 Å². The minimum Gasteiger partial charge on any atom is -0.314 e. The molecule has 0 aromatic carbocycles. The van der Waals surface area contributed by atoms with Crippen LogP contribution in [0.5, 0.6) is 0 Å². The molecule has 0 amide bonds. The maximum absolute atomic E-state index is 3.60. The van der Waals surface area contributed by atoms with Gasteiger partial charge in [0.05, 0.1) is 0 Å². The third-order valence-electron chi connectivity index (χ3n) is 4.63. The Labute approximate surface area is 112 Å². The molecule has 0 bridgehead atoms. The van der Waals surface area contributed by atoms with Gasteiger partial charge in [0, 0.05) is 38.3 Å². The van der Waals surface area contributed by atoms with Gasteiger partial charge in [-0.3, -0.25) is 4.90 Å². The Kier molecular flexibility index (Phi) is 4.55. The summed E-state index contributed by atoms with van der Waals surface area (Å²) in [6, 6.07) is 1.86. The summed E-state index contributed by atoms with van der Waals surface area (Å²) in [5, 5.41) is 3.60. The number of nitrogens with zero attached hydrogens (tertiary/aromatic N) is 2. The van der Waals surface area contributed by atoms with Gasteiger partial charge in [0.15, 0.2) is 0 Å². The molecular formula is C15H29N3. The topological polar surface area (TPSA) is 18.5 Å². The maximum atomic E-state index is 3.60. The fraction of sp³-hybridized carbons (Fsp3) is 1.00. The quantitative estimate of drug-likeness (QED) is 0.662. The highest BCUT2D eigenvalue weighted by Gasteiger charge is 2.30. The molecule has 3 aliphatic rings. The van der Waals surface area contributed by atoms with Crippen molar-refractivity contribution in [1.29, 1.82) is 0 Å². The second-order valence-electron chi connectivity index (χ2n) is 6.40. The first-order valence-electron chi connectivity index (χ1n) is 8.11. The predicted octanol–water partition coefficient (Wildman–Crippen LogP) is 1.69. The highest BCUT2D eigenvalue weighted by Crippen LogP contribution is 2.27. The van der Waals surface area contributed by atoms with Crippen molar-refractivity contribution < 1.29 is 0 Å². The Morgan fingerprint density at radius 3 is 2.28 bits per heavy atom. The van der Waals surface area contributed by atoms with E-state index >= 15 is 0 Å². The number of hydrogen-bond acceptors (Lipinski definition) is 3. The Hall–Kier alpha value is -0.120. The summed E-state index contributed by atoms with van der Waals surface area (Å²) >= 11 is 0. The van der Waals surface area contributed by atoms with Crippen molar-refractivity contribution in [2.45, 2.75) is 57.0 Å². The van der Waals surface area contributed by atoms with Crippen molar-refractivity contribution in [1.82, 2.24) is 15.1 Å². The lowest BCUT2D eigenvalue weighted by atomic mass is 10.2. The number of piperazine rings is 1. The van der Waals surface area contributed by atoms with Crippen LogP contribution in [0.15, 0.2) is 0 Å². The summed E-state index contributed by atoms with van der Waals surface area (Å²) in [4.78, 5) is 5.38. The number of rotatable bonds is 8. The zero-order valence-corrected chi connectivity index (χ0v) is 11.7. The molecule has 0 unspecified atom stereocenters. The first kappa shape index (κ1) is 12.9. The van der Waals surface area contributed by atoms with Gasteiger partial charge in [-0.05, 0) is 51.6 Å². The van der Waals surface area contributed by atoms with Crippen LogP contribution in [0.25, 0.3) is 0 Å². The van der Waals surface area contributed by atoms with E-state index in [4.69, 9.17) is 0 Å². The van der Waals surface area contributed by atoms with E-state index in [0.717, 1.165) is 12.1 Å². The molecule has 1 heterocycles. The number of unbranched alkanes of at least 4 members (excludes halogenated alkanes) is 2. The smallest absolute Gasteiger partial charge is 0.0113 e. The van der Waals surface area contributed by atoms with Gasteiger partial charge >= 0.3 is 0 Å². The summed E-state index contributed by atoms with van der Waals surface area (Å²) < 4.78 is 0. The molecule has 2 aliphatic carbocycles. The molecule has 0 aromatic heterocycles. The zero-order valence-electron chi connectivity index (χ0n) is 11.7. The van der Waals surface area contributed by atoms with Crippen LogP contribution in [0.3, 0.4) is 0 Å². The van der Waals surface area contributed by atoms with Gasteiger partial charge < -0.3 is 10.2 Å². The van der Waals surface area contributed by atoms with E-state index in [1.165, 1.54) is 84.2 Å². The van der Waals surface area contributed by atoms with Crippen LogP contribution >= 0.6 is 0 Å². The minimum atomic E-state index is 0.889. The van der Waals surface area contributed by atoms with E-state index in [0.29, 0.717) is 0 Å². The van der Waals surface area contributed by atoms with Gasteiger partial charge in [-0.1, -0.05) is 6.42 Å². The van der Waals surface area contributed by atoms with E-state index in [1.54, 1.807) is 0 Å². The Morgan fingerprint density at radius 2 is 1.61 bits per heavy atom. The van der Waals surface area contributed by atoms with Gasteiger partial charge in [-0.2, -0.15) is 0 Å². The van der Waals surface area contributed by atoms with E-state index in [1.807, 2.05) is 0 Å². The van der Waals surface area contributed by atoms with Gasteiger partial charge in [0.1, 0.15) is 0 Å². The lowest BCUT2D eigenvalue weighted by molar-refractivity contribution is 0.125. The molecule has 0 aromatic rings. The molecule has 0 spiro atoms. The Morgan fingerprint density at radius 1 is 0.833 bits per heavy atom. The summed E-state index contributed by atoms with van der Waals surface area (Å²) in [7, 11) is 0. The molecule has 3 heteroatoms. The van der Waals surface area contributed by atoms with E-state index < -0.39 is 0 Å². The zero-order chi connectivity index (χ0) is 12.2. The molecule has 1 saturated heterocycles. The molecule has 0 radical (unpaired) electrons. The summed E-state index contributed by atoms with van der Waals surface area (Å²) in [5.41, 5.74) is 0. The average Bonchev–Trinajstić information content (AvgIpc) is 3.28. The average molecular weight is 251 g/mol. The van der Waals surface area contributed by atoms with E-state index in [9.17, 15) is 0 Å². The summed E-state index contributed by atoms with van der Waals surface area (Å²) in [5.74, 6) is 0. The molecule has 3 nitrogen and oxygen atoms in total. The monoisotopic (exact) mass is 251 g/mol. The fourth-order valence-corrected chi connectivity index (χ4v) is 3.02. The van der Waals surface area contributed by atoms with Gasteiger partial charge in [-0.15, -0.1) is 0 Å². The molecular weight excluding hydrogens is 222 g/mol. The van der Waals surface area contributed by atoms with Crippen molar-refractivity contribution in [2.75, 3.05) is 39.3 Å². The second kappa shape index (κ2) is 6.36. The van der Waals surface area contributed by atoms with Crippen LogP contribution in [0.2, 0.25) is 0 Å². The van der Waals surface area contributed by atoms with Crippen LogP contribution in [-0.4, -0.2) is 61.2 Å². The van der Waals surface area contributed by atoms with Crippen molar-refractivity contribution in [2.24, 2.45) is 0 Å². The van der Waals surface area contributed by atoms with Crippen LogP contribution in [-0.2, 0) is 0 Å². The molecule has 2 saturated carbocycles. The van der Waals surface area contributed by atoms with Crippen molar-refractivity contribution in [3.63, 3.8) is 0 Å². The fourth-order valence-electron chi connectivity index (χ4n) is 3.02. The lowest BCUT2D eigenvalue weighted by Gasteiger charge is -2.34. The molecule has 3 fully saturated rings. The third kappa shape index (κ3) is 4.22. The predicted molar refractivity (Wildman–Crippen MR) is 75.9 cm³/mol. The molecule has 1 N–H and O–H groups in total. The minimum absolute atomic E-state index is 0.889. The van der Waals surface area contributed by atoms with Crippen LogP contribution in [0.4, 0.5) is 0 Å². The standard InChI is InChI=1S/C15H29N3/c1(2-8-16-14-4-5-14)3-9-17-10-12-18(13-11-17)15-6-7-15/h14-16H,1-13H2. The first-order chi connectivity index (χ1) is 8.92. The Balaban J connectivity index is 1.17. The number of nitrogens with one attached hydrogen (secondary N) is 1. The molecule has 104 valence electrons. The molecule has 3 rings (SSSR count). The van der Waals surface area contributed by atoms with Crippen molar-refractivity contribution in [3.05, 3.63) is 0 Å². The van der Waals surface area contributed by atoms with Gasteiger partial charge in [0.2, 0.25) is 0 Å². The van der Waals surface area contributed by atoms with Crippen LogP contribution in [0, 0.1) is 0 Å². The van der Waals surface area contributed by atoms with Crippen LogP contribution < -0.4 is 5.32 Å². The number of hydrogen-bond donors (Lipinski definition) is 1. The third-order valence-corrected chi connectivity index (χ3v) is 4.63. The maximum Gasteiger partial charge on any atom is 0.0113 e. The molecule has 0 atom stereocenters. The second-order valence-corrected chi connectivity index (χ2v) is 6.40. The van der Waals surface area contributed by atoms with Crippen LogP contribution in [0.1, 0.15) is 44.9 Å². The van der Waals surface area contributed by atoms with Crippen molar-refractivity contribution in [3.8, 4) is 0 Å². The highest BCUT2D eigenvalue weighted by molar-refractivity contribution is 4.87. The Bertz CT molecular complexity index is 240. The molecule has 18 heavy (non-hydrogen) atoms. The lowest BCUT2D eigenvalue weighted by Crippen LogP contribution is -2.47.